The average molecular weight is 395 g/mol. The first-order chi connectivity index (χ1) is 12.2. The summed E-state index contributed by atoms with van der Waals surface area (Å²) in [6, 6.07) is 7.47. The van der Waals surface area contributed by atoms with Crippen LogP contribution in [0.3, 0.4) is 0 Å². The molecule has 0 saturated carbocycles. The lowest BCUT2D eigenvalue weighted by molar-refractivity contribution is -0.118. The molecule has 3 aromatic rings. The number of fused-ring (bicyclic) bond motifs is 1. The van der Waals surface area contributed by atoms with E-state index < -0.39 is 0 Å². The van der Waals surface area contributed by atoms with Crippen molar-refractivity contribution in [3.05, 3.63) is 35.6 Å². The van der Waals surface area contributed by atoms with Crippen LogP contribution in [0.15, 0.2) is 35.6 Å². The molecule has 0 radical (unpaired) electrons. The third kappa shape index (κ3) is 4.46. The van der Waals surface area contributed by atoms with E-state index in [1.54, 1.807) is 7.11 Å². The zero-order valence-corrected chi connectivity index (χ0v) is 15.7. The molecule has 130 valence electrons. The largest absolute Gasteiger partial charge is 0.383 e. The van der Waals surface area contributed by atoms with Gasteiger partial charge in [-0.05, 0) is 23.7 Å². The fraction of sp³-hybridized carbons (Fsp3) is 0.250. The number of amides is 1. The molecule has 1 N–H and O–H groups in total. The summed E-state index contributed by atoms with van der Waals surface area (Å²) >= 11 is 8.64. The first-order valence-electron chi connectivity index (χ1n) is 7.44. The van der Waals surface area contributed by atoms with Crippen LogP contribution in [0, 0.1) is 0 Å². The van der Waals surface area contributed by atoms with Crippen molar-refractivity contribution in [3.63, 3.8) is 0 Å². The summed E-state index contributed by atoms with van der Waals surface area (Å²) in [5.74, 6) is 0.223. The first-order valence-corrected chi connectivity index (χ1v) is 9.57. The maximum atomic E-state index is 11.8. The minimum absolute atomic E-state index is 0.0590. The first kappa shape index (κ1) is 18.1. The number of hydrogen-bond acceptors (Lipinski definition) is 7. The molecule has 0 bridgehead atoms. The number of hydrogen-bond donors (Lipinski definition) is 1. The molecule has 3 rings (SSSR count). The van der Waals surface area contributed by atoms with Gasteiger partial charge in [0, 0.05) is 24.2 Å². The number of aromatic nitrogens is 3. The summed E-state index contributed by atoms with van der Waals surface area (Å²) in [6.07, 6.45) is 1.50. The number of halogens is 1. The van der Waals surface area contributed by atoms with E-state index in [1.807, 2.05) is 24.3 Å². The van der Waals surface area contributed by atoms with Gasteiger partial charge in [-0.2, -0.15) is 4.37 Å². The van der Waals surface area contributed by atoms with E-state index in [4.69, 9.17) is 16.3 Å². The Kier molecular flexibility index (Phi) is 6.19. The quantitative estimate of drug-likeness (QED) is 0.376. The number of methoxy groups -OCH3 is 1. The molecule has 0 saturated heterocycles. The van der Waals surface area contributed by atoms with Gasteiger partial charge in [0.25, 0.3) is 0 Å². The van der Waals surface area contributed by atoms with Gasteiger partial charge in [-0.15, -0.1) is 0 Å². The molecule has 9 heteroatoms. The molecule has 0 unspecified atom stereocenters. The van der Waals surface area contributed by atoms with Gasteiger partial charge >= 0.3 is 0 Å². The lowest BCUT2D eigenvalue weighted by atomic mass is 10.1. The van der Waals surface area contributed by atoms with Crippen molar-refractivity contribution >= 4 is 51.0 Å². The summed E-state index contributed by atoms with van der Waals surface area (Å²) in [7, 11) is 1.60. The Morgan fingerprint density at radius 3 is 2.88 bits per heavy atom. The minimum atomic E-state index is -0.0590. The Labute approximate surface area is 158 Å². The number of rotatable bonds is 7. The summed E-state index contributed by atoms with van der Waals surface area (Å²) in [4.78, 5) is 20.5. The third-order valence-electron chi connectivity index (χ3n) is 3.31. The number of thioether (sulfide) groups is 1. The predicted octanol–water partition coefficient (Wildman–Crippen LogP) is 3.26. The van der Waals surface area contributed by atoms with E-state index in [2.05, 4.69) is 19.7 Å². The molecule has 0 fully saturated rings. The number of nitrogens with one attached hydrogen (secondary N) is 1. The maximum Gasteiger partial charge on any atom is 0.230 e. The van der Waals surface area contributed by atoms with E-state index in [-0.39, 0.29) is 11.7 Å². The second-order valence-electron chi connectivity index (χ2n) is 5.03. The van der Waals surface area contributed by atoms with Crippen LogP contribution in [0.1, 0.15) is 0 Å². The van der Waals surface area contributed by atoms with Crippen LogP contribution < -0.4 is 5.32 Å². The van der Waals surface area contributed by atoms with Crippen LogP contribution in [-0.2, 0) is 9.53 Å². The molecular formula is C16H15ClN4O2S2. The van der Waals surface area contributed by atoms with E-state index in [0.29, 0.717) is 18.2 Å². The van der Waals surface area contributed by atoms with Crippen LogP contribution >= 0.6 is 34.9 Å². The molecule has 0 aliphatic carbocycles. The van der Waals surface area contributed by atoms with E-state index >= 15 is 0 Å². The Bertz CT molecular complexity index is 870. The van der Waals surface area contributed by atoms with Crippen LogP contribution in [0.4, 0.5) is 0 Å². The highest BCUT2D eigenvalue weighted by atomic mass is 35.5. The van der Waals surface area contributed by atoms with Crippen molar-refractivity contribution in [1.29, 1.82) is 0 Å². The lowest BCUT2D eigenvalue weighted by Crippen LogP contribution is -2.28. The Morgan fingerprint density at radius 1 is 1.32 bits per heavy atom. The van der Waals surface area contributed by atoms with Gasteiger partial charge in [0.15, 0.2) is 0 Å². The van der Waals surface area contributed by atoms with Gasteiger partial charge in [0.05, 0.1) is 12.4 Å². The van der Waals surface area contributed by atoms with Crippen LogP contribution in [0.2, 0.25) is 5.02 Å². The molecule has 2 aromatic heterocycles. The molecule has 25 heavy (non-hydrogen) atoms. The molecule has 2 heterocycles. The predicted molar refractivity (Wildman–Crippen MR) is 101 cm³/mol. The second-order valence-corrected chi connectivity index (χ2v) is 7.20. The van der Waals surface area contributed by atoms with Crippen molar-refractivity contribution in [2.45, 2.75) is 5.03 Å². The standard InChI is InChI=1S/C16H15ClN4O2S2/c1-23-7-6-18-12(22)8-24-16-15-14(19-9-20-16)13(21-25-15)10-2-4-11(17)5-3-10/h2-5,9H,6-8H2,1H3,(H,18,22). The zero-order chi connectivity index (χ0) is 17.6. The van der Waals surface area contributed by atoms with E-state index in [0.717, 1.165) is 26.5 Å². The minimum Gasteiger partial charge on any atom is -0.383 e. The molecular weight excluding hydrogens is 380 g/mol. The molecule has 0 spiro atoms. The van der Waals surface area contributed by atoms with Crippen molar-refractivity contribution < 1.29 is 9.53 Å². The zero-order valence-electron chi connectivity index (χ0n) is 13.4. The maximum absolute atomic E-state index is 11.8. The van der Waals surface area contributed by atoms with Gasteiger partial charge in [-0.1, -0.05) is 35.5 Å². The Morgan fingerprint density at radius 2 is 2.12 bits per heavy atom. The van der Waals surface area contributed by atoms with Gasteiger partial charge in [-0.25, -0.2) is 9.97 Å². The SMILES string of the molecule is COCCNC(=O)CSc1ncnc2c(-c3ccc(Cl)cc3)nsc12. The van der Waals surface area contributed by atoms with E-state index in [9.17, 15) is 4.79 Å². The number of benzene rings is 1. The molecule has 0 atom stereocenters. The average Bonchev–Trinajstić information content (AvgIpc) is 3.05. The summed E-state index contributed by atoms with van der Waals surface area (Å²) in [5.41, 5.74) is 2.53. The van der Waals surface area contributed by atoms with E-state index in [1.165, 1.54) is 29.6 Å². The number of ether oxygens (including phenoxy) is 1. The smallest absolute Gasteiger partial charge is 0.230 e. The molecule has 0 aliphatic heterocycles. The Balaban J connectivity index is 1.77. The number of nitrogens with zero attached hydrogens (tertiary/aromatic N) is 3. The van der Waals surface area contributed by atoms with Gasteiger partial charge < -0.3 is 10.1 Å². The summed E-state index contributed by atoms with van der Waals surface area (Å²) in [6.45, 7) is 0.990. The van der Waals surface area contributed by atoms with Gasteiger partial charge in [0.1, 0.15) is 27.3 Å². The monoisotopic (exact) mass is 394 g/mol. The normalized spacial score (nSPS) is 11.0. The van der Waals surface area contributed by atoms with Crippen molar-refractivity contribution in [1.82, 2.24) is 19.7 Å². The third-order valence-corrected chi connectivity index (χ3v) is 5.52. The second kappa shape index (κ2) is 8.57. The van der Waals surface area contributed by atoms with Gasteiger partial charge in [-0.3, -0.25) is 4.79 Å². The highest BCUT2D eigenvalue weighted by Crippen LogP contribution is 2.34. The number of carbonyl (C=O) groups excluding carboxylic acids is 1. The molecule has 1 aromatic carbocycles. The fourth-order valence-electron chi connectivity index (χ4n) is 2.12. The lowest BCUT2D eigenvalue weighted by Gasteiger charge is -2.04. The van der Waals surface area contributed by atoms with Gasteiger partial charge in [0.2, 0.25) is 5.91 Å². The Hall–Kier alpha value is -1.74. The molecule has 6 nitrogen and oxygen atoms in total. The molecule has 0 aliphatic rings. The van der Waals surface area contributed by atoms with Crippen molar-refractivity contribution in [3.8, 4) is 11.3 Å². The molecule has 1 amide bonds. The fourth-order valence-corrected chi connectivity index (χ4v) is 4.00. The van der Waals surface area contributed by atoms with Crippen LogP contribution in [-0.4, -0.2) is 46.3 Å². The topological polar surface area (TPSA) is 77.0 Å². The summed E-state index contributed by atoms with van der Waals surface area (Å²) in [5, 5.41) is 4.21. The van der Waals surface area contributed by atoms with Crippen molar-refractivity contribution in [2.75, 3.05) is 26.0 Å². The highest BCUT2D eigenvalue weighted by Gasteiger charge is 2.15. The summed E-state index contributed by atoms with van der Waals surface area (Å²) < 4.78 is 10.3. The van der Waals surface area contributed by atoms with Crippen molar-refractivity contribution in [2.24, 2.45) is 0 Å². The van der Waals surface area contributed by atoms with Crippen LogP contribution in [0.25, 0.3) is 21.5 Å². The highest BCUT2D eigenvalue weighted by molar-refractivity contribution is 8.00. The number of carbonyl (C=O) groups is 1. The van der Waals surface area contributed by atoms with Crippen LogP contribution in [0.5, 0.6) is 0 Å².